The molecule has 1 N–H and O–H groups in total. The zero-order valence-corrected chi connectivity index (χ0v) is 17.4. The van der Waals surface area contributed by atoms with E-state index in [0.29, 0.717) is 33.6 Å². The molecule has 2 aliphatic rings. The molecule has 0 saturated carbocycles. The topological polar surface area (TPSA) is 96.4 Å². The number of hydrogen-bond donors (Lipinski definition) is 1. The van der Waals surface area contributed by atoms with Crippen LogP contribution in [-0.2, 0) is 14.3 Å². The van der Waals surface area contributed by atoms with E-state index in [0.717, 1.165) is 0 Å². The molecule has 4 rings (SSSR count). The number of thiophene rings is 1. The van der Waals surface area contributed by atoms with Gasteiger partial charge in [0.2, 0.25) is 0 Å². The highest BCUT2D eigenvalue weighted by Gasteiger charge is 2.33. The Morgan fingerprint density at radius 2 is 1.90 bits per heavy atom. The molecule has 2 amide bonds. The summed E-state index contributed by atoms with van der Waals surface area (Å²) in [7, 11) is 0. The van der Waals surface area contributed by atoms with Gasteiger partial charge in [0.05, 0.1) is 22.4 Å². The van der Waals surface area contributed by atoms with Crippen molar-refractivity contribution in [3.8, 4) is 0 Å². The third-order valence-electron chi connectivity index (χ3n) is 4.91. The van der Waals surface area contributed by atoms with Gasteiger partial charge in [-0.25, -0.2) is 4.79 Å². The molecule has 158 valence electrons. The third-order valence-corrected chi connectivity index (χ3v) is 6.19. The first-order chi connectivity index (χ1) is 14.4. The second-order valence-corrected chi connectivity index (χ2v) is 8.67. The summed E-state index contributed by atoms with van der Waals surface area (Å²) in [4.78, 5) is 39.8. The standard InChI is InChI=1S/C20H19ClN2O6S/c21-17-8-7-16(30-17)15(24)6-5-14-9-22(20(27)29-14)12-1-3-13(4-2-12)23-18(25)10-28-11-19(23)26/h1-4,7-8,14,18,25H,5-6,9-11H2/t14-,18?/m0/s1. The predicted octanol–water partition coefficient (Wildman–Crippen LogP) is 3.07. The van der Waals surface area contributed by atoms with Crippen LogP contribution in [0.25, 0.3) is 0 Å². The molecular weight excluding hydrogens is 432 g/mol. The van der Waals surface area contributed by atoms with Crippen LogP contribution in [-0.4, -0.2) is 55.0 Å². The second-order valence-electron chi connectivity index (χ2n) is 6.96. The summed E-state index contributed by atoms with van der Waals surface area (Å²) in [6, 6.07) is 10.1. The van der Waals surface area contributed by atoms with Gasteiger partial charge in [0, 0.05) is 17.8 Å². The number of benzene rings is 1. The predicted molar refractivity (Wildman–Crippen MR) is 111 cm³/mol. The lowest BCUT2D eigenvalue weighted by Gasteiger charge is -2.32. The Bertz CT molecular complexity index is 962. The van der Waals surface area contributed by atoms with E-state index in [4.69, 9.17) is 21.1 Å². The van der Waals surface area contributed by atoms with Crippen molar-refractivity contribution in [3.05, 3.63) is 45.6 Å². The molecule has 2 aliphatic heterocycles. The minimum atomic E-state index is -1.05. The lowest BCUT2D eigenvalue weighted by molar-refractivity contribution is -0.132. The molecule has 0 aliphatic carbocycles. The number of nitrogens with zero attached hydrogens (tertiary/aromatic N) is 2. The van der Waals surface area contributed by atoms with Crippen molar-refractivity contribution in [3.63, 3.8) is 0 Å². The fourth-order valence-electron chi connectivity index (χ4n) is 3.43. The van der Waals surface area contributed by atoms with Gasteiger partial charge >= 0.3 is 6.09 Å². The summed E-state index contributed by atoms with van der Waals surface area (Å²) in [5.74, 6) is -0.363. The van der Waals surface area contributed by atoms with Gasteiger partial charge in [0.1, 0.15) is 12.7 Å². The Morgan fingerprint density at radius 3 is 2.57 bits per heavy atom. The van der Waals surface area contributed by atoms with Gasteiger partial charge in [-0.3, -0.25) is 19.4 Å². The van der Waals surface area contributed by atoms with E-state index in [9.17, 15) is 19.5 Å². The van der Waals surface area contributed by atoms with Crippen LogP contribution in [0.3, 0.4) is 0 Å². The molecule has 0 bridgehead atoms. The minimum absolute atomic E-state index is 0.0283. The Kier molecular flexibility index (Phi) is 6.05. The largest absolute Gasteiger partial charge is 0.444 e. The van der Waals surface area contributed by atoms with Crippen molar-refractivity contribution in [1.29, 1.82) is 0 Å². The Morgan fingerprint density at radius 1 is 1.17 bits per heavy atom. The Balaban J connectivity index is 1.37. The molecule has 3 heterocycles. The van der Waals surface area contributed by atoms with Gasteiger partial charge in [0.15, 0.2) is 12.0 Å². The molecule has 30 heavy (non-hydrogen) atoms. The number of rotatable bonds is 6. The van der Waals surface area contributed by atoms with Crippen LogP contribution < -0.4 is 9.80 Å². The SMILES string of the molecule is O=C(CC[C@H]1CN(c2ccc(N3C(=O)COCC3O)cc2)C(=O)O1)c1ccc(Cl)s1. The van der Waals surface area contributed by atoms with Crippen LogP contribution in [0.1, 0.15) is 22.5 Å². The summed E-state index contributed by atoms with van der Waals surface area (Å²) in [6.45, 7) is 0.287. The first-order valence-corrected chi connectivity index (χ1v) is 10.6. The van der Waals surface area contributed by atoms with E-state index in [1.54, 1.807) is 36.4 Å². The third kappa shape index (κ3) is 4.34. The number of carbonyl (C=O) groups is 3. The van der Waals surface area contributed by atoms with Crippen molar-refractivity contribution in [1.82, 2.24) is 0 Å². The van der Waals surface area contributed by atoms with E-state index in [1.807, 2.05) is 0 Å². The van der Waals surface area contributed by atoms with Crippen LogP contribution in [0, 0.1) is 0 Å². The number of anilines is 2. The summed E-state index contributed by atoms with van der Waals surface area (Å²) in [5.41, 5.74) is 1.13. The Hall–Kier alpha value is -2.46. The fraction of sp³-hybridized carbons (Fsp3) is 0.350. The molecule has 0 radical (unpaired) electrons. The van der Waals surface area contributed by atoms with E-state index < -0.39 is 12.3 Å². The number of carbonyl (C=O) groups excluding carboxylic acids is 3. The normalized spacial score (nSPS) is 21.8. The van der Waals surface area contributed by atoms with Crippen molar-refractivity contribution in [2.24, 2.45) is 0 Å². The smallest absolute Gasteiger partial charge is 0.414 e. The molecular formula is C20H19ClN2O6S. The molecule has 2 fully saturated rings. The average Bonchev–Trinajstić information content (AvgIpc) is 3.32. The lowest BCUT2D eigenvalue weighted by Crippen LogP contribution is -2.49. The second kappa shape index (κ2) is 8.73. The molecule has 1 aromatic carbocycles. The van der Waals surface area contributed by atoms with Gasteiger partial charge in [-0.2, -0.15) is 0 Å². The van der Waals surface area contributed by atoms with Crippen molar-refractivity contribution in [2.75, 3.05) is 29.6 Å². The van der Waals surface area contributed by atoms with Crippen LogP contribution in [0.15, 0.2) is 36.4 Å². The van der Waals surface area contributed by atoms with Crippen LogP contribution in [0.2, 0.25) is 4.34 Å². The maximum atomic E-state index is 12.3. The van der Waals surface area contributed by atoms with E-state index >= 15 is 0 Å². The number of aliphatic hydroxyl groups is 1. The van der Waals surface area contributed by atoms with Crippen molar-refractivity contribution < 1.29 is 29.0 Å². The van der Waals surface area contributed by atoms with Gasteiger partial charge in [-0.1, -0.05) is 11.6 Å². The quantitative estimate of drug-likeness (QED) is 0.679. The minimum Gasteiger partial charge on any atom is -0.444 e. The summed E-state index contributed by atoms with van der Waals surface area (Å²) >= 11 is 7.10. The molecule has 2 saturated heterocycles. The molecule has 0 spiro atoms. The number of morpholine rings is 1. The van der Waals surface area contributed by atoms with Crippen molar-refractivity contribution >= 4 is 52.1 Å². The Labute approximate surface area is 181 Å². The number of ether oxygens (including phenoxy) is 2. The van der Waals surface area contributed by atoms with Crippen LogP contribution in [0.4, 0.5) is 16.2 Å². The van der Waals surface area contributed by atoms with Crippen LogP contribution in [0.5, 0.6) is 0 Å². The number of amides is 2. The number of hydrogen-bond acceptors (Lipinski definition) is 7. The zero-order chi connectivity index (χ0) is 21.3. The number of halogens is 1. The van der Waals surface area contributed by atoms with Gasteiger partial charge in [-0.05, 0) is 42.8 Å². The maximum absolute atomic E-state index is 12.3. The fourth-order valence-corrected chi connectivity index (χ4v) is 4.44. The molecule has 10 heteroatoms. The van der Waals surface area contributed by atoms with Crippen molar-refractivity contribution in [2.45, 2.75) is 25.2 Å². The average molecular weight is 451 g/mol. The van der Waals surface area contributed by atoms with E-state index in [-0.39, 0.29) is 37.4 Å². The number of Topliss-reactive ketones (excluding diaryl/α,β-unsaturated/α-hetero) is 1. The number of ketones is 1. The van der Waals surface area contributed by atoms with E-state index in [1.165, 1.54) is 21.1 Å². The van der Waals surface area contributed by atoms with E-state index in [2.05, 4.69) is 0 Å². The number of aliphatic hydroxyl groups excluding tert-OH is 1. The van der Waals surface area contributed by atoms with Gasteiger partial charge < -0.3 is 14.6 Å². The summed E-state index contributed by atoms with van der Waals surface area (Å²) in [5, 5.41) is 10.00. The first kappa shape index (κ1) is 20.8. The highest BCUT2D eigenvalue weighted by Crippen LogP contribution is 2.28. The lowest BCUT2D eigenvalue weighted by atomic mass is 10.1. The summed E-state index contributed by atoms with van der Waals surface area (Å²) < 4.78 is 11.0. The van der Waals surface area contributed by atoms with Gasteiger partial charge in [-0.15, -0.1) is 11.3 Å². The molecule has 1 aromatic heterocycles. The summed E-state index contributed by atoms with van der Waals surface area (Å²) in [6.07, 6.45) is -1.24. The maximum Gasteiger partial charge on any atom is 0.414 e. The van der Waals surface area contributed by atoms with Gasteiger partial charge in [0.25, 0.3) is 5.91 Å². The monoisotopic (exact) mass is 450 g/mol. The molecule has 8 nitrogen and oxygen atoms in total. The molecule has 2 aromatic rings. The molecule has 2 atom stereocenters. The highest BCUT2D eigenvalue weighted by molar-refractivity contribution is 7.18. The number of cyclic esters (lactones) is 1. The first-order valence-electron chi connectivity index (χ1n) is 9.37. The molecule has 1 unspecified atom stereocenters. The highest BCUT2D eigenvalue weighted by atomic mass is 35.5. The van der Waals surface area contributed by atoms with Crippen LogP contribution >= 0.6 is 22.9 Å². The zero-order valence-electron chi connectivity index (χ0n) is 15.8.